The average Bonchev–Trinajstić information content (AvgIpc) is 3.10. The Morgan fingerprint density at radius 2 is 2.14 bits per heavy atom. The molecule has 1 fully saturated rings. The molecule has 0 bridgehead atoms. The lowest BCUT2D eigenvalue weighted by molar-refractivity contribution is 0.102. The maximum absolute atomic E-state index is 11.8. The summed E-state index contributed by atoms with van der Waals surface area (Å²) >= 11 is 1.08. The lowest BCUT2D eigenvalue weighted by Crippen LogP contribution is -2.12. The summed E-state index contributed by atoms with van der Waals surface area (Å²) in [4.78, 5) is 11.8. The number of rotatable bonds is 8. The summed E-state index contributed by atoms with van der Waals surface area (Å²) in [6.45, 7) is 3.10. The topological polar surface area (TPSA) is 98.5 Å². The summed E-state index contributed by atoms with van der Waals surface area (Å²) in [5, 5.41) is 3.42. The van der Waals surface area contributed by atoms with E-state index >= 15 is 0 Å². The van der Waals surface area contributed by atoms with Crippen molar-refractivity contribution in [3.8, 4) is 0 Å². The van der Waals surface area contributed by atoms with Crippen LogP contribution in [0.3, 0.4) is 0 Å². The molecule has 0 unspecified atom stereocenters. The monoisotopic (exact) mass is 332 g/mol. The fourth-order valence-corrected chi connectivity index (χ4v) is 4.44. The largest absolute Gasteiger partial charge is 0.396 e. The van der Waals surface area contributed by atoms with Gasteiger partial charge in [0.2, 0.25) is 0 Å². The molecule has 1 heterocycles. The molecule has 118 valence electrons. The Labute approximate surface area is 128 Å². The first-order valence-electron chi connectivity index (χ1n) is 6.75. The summed E-state index contributed by atoms with van der Waals surface area (Å²) in [7, 11) is -3.49. The standard InChI is InChI=1S/C13H20N2O4S2/c1-8(16)11-10(14)12(21(2,17)18)13(20-11)15-5-6-19-7-9-3-4-9/h9,15H,3-7,14H2,1-2H3. The molecule has 0 saturated heterocycles. The van der Waals surface area contributed by atoms with Gasteiger partial charge in [0, 0.05) is 26.3 Å². The van der Waals surface area contributed by atoms with Crippen molar-refractivity contribution in [1.29, 1.82) is 0 Å². The molecule has 0 radical (unpaired) electrons. The maximum atomic E-state index is 11.8. The predicted octanol–water partition coefficient (Wildman–Crippen LogP) is 1.77. The number of nitrogen functional groups attached to an aromatic ring is 1. The Balaban J connectivity index is 2.05. The maximum Gasteiger partial charge on any atom is 0.180 e. The van der Waals surface area contributed by atoms with E-state index in [-0.39, 0.29) is 21.2 Å². The van der Waals surface area contributed by atoms with Gasteiger partial charge in [-0.1, -0.05) is 0 Å². The van der Waals surface area contributed by atoms with E-state index in [1.807, 2.05) is 0 Å². The molecule has 0 atom stereocenters. The van der Waals surface area contributed by atoms with Crippen molar-refractivity contribution >= 4 is 37.6 Å². The van der Waals surface area contributed by atoms with E-state index in [9.17, 15) is 13.2 Å². The van der Waals surface area contributed by atoms with Crippen LogP contribution in [0.25, 0.3) is 0 Å². The fourth-order valence-electron chi connectivity index (χ4n) is 1.95. The minimum absolute atomic E-state index is 0.0138. The lowest BCUT2D eigenvalue weighted by atomic mass is 10.3. The highest BCUT2D eigenvalue weighted by molar-refractivity contribution is 7.91. The molecule has 0 amide bonds. The number of hydrogen-bond donors (Lipinski definition) is 2. The molecule has 0 aliphatic heterocycles. The molecule has 2 rings (SSSR count). The summed E-state index contributed by atoms with van der Waals surface area (Å²) in [6, 6.07) is 0. The summed E-state index contributed by atoms with van der Waals surface area (Å²) in [5.41, 5.74) is 5.85. The van der Waals surface area contributed by atoms with Gasteiger partial charge < -0.3 is 15.8 Å². The van der Waals surface area contributed by atoms with Crippen molar-refractivity contribution in [2.24, 2.45) is 5.92 Å². The average molecular weight is 332 g/mol. The third-order valence-corrected chi connectivity index (χ3v) is 5.73. The van der Waals surface area contributed by atoms with E-state index in [1.54, 1.807) is 0 Å². The Hall–Kier alpha value is -1.12. The Kier molecular flexibility index (Phi) is 4.90. The van der Waals surface area contributed by atoms with Gasteiger partial charge in [0.1, 0.15) is 9.90 Å². The van der Waals surface area contributed by atoms with Crippen LogP contribution in [0.5, 0.6) is 0 Å². The highest BCUT2D eigenvalue weighted by Crippen LogP contribution is 2.39. The number of sulfone groups is 1. The number of anilines is 2. The van der Waals surface area contributed by atoms with Gasteiger partial charge in [-0.15, -0.1) is 11.3 Å². The molecule has 6 nitrogen and oxygen atoms in total. The van der Waals surface area contributed by atoms with Crippen molar-refractivity contribution in [3.05, 3.63) is 4.88 Å². The van der Waals surface area contributed by atoms with Crippen molar-refractivity contribution in [1.82, 2.24) is 0 Å². The third-order valence-electron chi connectivity index (χ3n) is 3.17. The molecular weight excluding hydrogens is 312 g/mol. The van der Waals surface area contributed by atoms with Crippen LogP contribution in [-0.2, 0) is 14.6 Å². The van der Waals surface area contributed by atoms with Gasteiger partial charge in [0.25, 0.3) is 0 Å². The minimum Gasteiger partial charge on any atom is -0.396 e. The van der Waals surface area contributed by atoms with Gasteiger partial charge in [-0.05, 0) is 18.8 Å². The van der Waals surface area contributed by atoms with Gasteiger partial charge in [0.05, 0.1) is 17.2 Å². The van der Waals surface area contributed by atoms with Crippen LogP contribution in [-0.4, -0.2) is 40.2 Å². The van der Waals surface area contributed by atoms with Crippen LogP contribution in [0, 0.1) is 5.92 Å². The normalized spacial score (nSPS) is 15.1. The summed E-state index contributed by atoms with van der Waals surface area (Å²) in [6.07, 6.45) is 3.55. The Morgan fingerprint density at radius 3 is 2.67 bits per heavy atom. The summed E-state index contributed by atoms with van der Waals surface area (Å²) in [5.74, 6) is 0.457. The van der Waals surface area contributed by atoms with Gasteiger partial charge in [-0.2, -0.15) is 0 Å². The molecule has 0 spiro atoms. The number of carbonyl (C=O) groups is 1. The molecule has 1 aromatic heterocycles. The van der Waals surface area contributed by atoms with Crippen LogP contribution in [0.2, 0.25) is 0 Å². The third kappa shape index (κ3) is 4.18. The van der Waals surface area contributed by atoms with Crippen molar-refractivity contribution in [2.75, 3.05) is 37.1 Å². The van der Waals surface area contributed by atoms with Gasteiger partial charge in [0.15, 0.2) is 15.6 Å². The van der Waals surface area contributed by atoms with E-state index in [0.29, 0.717) is 24.1 Å². The SMILES string of the molecule is CC(=O)c1sc(NCCOCC2CC2)c(S(C)(=O)=O)c1N. The Bertz CT molecular complexity index is 633. The number of Topliss-reactive ketones (excluding diaryl/α,β-unsaturated/α-hetero) is 1. The number of carbonyl (C=O) groups excluding carboxylic acids is 1. The van der Waals surface area contributed by atoms with E-state index in [2.05, 4.69) is 5.32 Å². The quantitative estimate of drug-likeness (QED) is 0.556. The highest BCUT2D eigenvalue weighted by atomic mass is 32.2. The van der Waals surface area contributed by atoms with Crippen LogP contribution >= 0.6 is 11.3 Å². The molecule has 3 N–H and O–H groups in total. The van der Waals surface area contributed by atoms with Crippen LogP contribution < -0.4 is 11.1 Å². The first-order valence-corrected chi connectivity index (χ1v) is 9.46. The molecule has 1 aliphatic rings. The van der Waals surface area contributed by atoms with Crippen molar-refractivity contribution in [3.63, 3.8) is 0 Å². The fraction of sp³-hybridized carbons (Fsp3) is 0.615. The number of nitrogens with one attached hydrogen (secondary N) is 1. The van der Waals surface area contributed by atoms with Gasteiger partial charge in [-0.3, -0.25) is 4.79 Å². The molecule has 0 aromatic carbocycles. The zero-order valence-corrected chi connectivity index (χ0v) is 13.8. The van der Waals surface area contributed by atoms with E-state index in [0.717, 1.165) is 24.2 Å². The minimum atomic E-state index is -3.49. The van der Waals surface area contributed by atoms with Crippen LogP contribution in [0.4, 0.5) is 10.7 Å². The molecule has 8 heteroatoms. The molecule has 1 aliphatic carbocycles. The molecule has 1 saturated carbocycles. The second-order valence-corrected chi connectivity index (χ2v) is 8.25. The molecule has 21 heavy (non-hydrogen) atoms. The van der Waals surface area contributed by atoms with Crippen molar-refractivity contribution < 1.29 is 17.9 Å². The first kappa shape index (κ1) is 16.3. The summed E-state index contributed by atoms with van der Waals surface area (Å²) < 4.78 is 29.2. The first-order chi connectivity index (χ1) is 9.80. The second-order valence-electron chi connectivity index (χ2n) is 5.28. The number of hydrogen-bond acceptors (Lipinski definition) is 7. The lowest BCUT2D eigenvalue weighted by Gasteiger charge is -2.07. The number of ether oxygens (including phenoxy) is 1. The smallest absolute Gasteiger partial charge is 0.180 e. The number of ketones is 1. The van der Waals surface area contributed by atoms with Gasteiger partial charge >= 0.3 is 0 Å². The zero-order valence-electron chi connectivity index (χ0n) is 12.1. The molecular formula is C13H20N2O4S2. The van der Waals surface area contributed by atoms with Crippen molar-refractivity contribution in [2.45, 2.75) is 24.7 Å². The van der Waals surface area contributed by atoms with E-state index in [4.69, 9.17) is 10.5 Å². The molecule has 1 aromatic rings. The van der Waals surface area contributed by atoms with Crippen LogP contribution in [0.15, 0.2) is 4.90 Å². The predicted molar refractivity (Wildman–Crippen MR) is 83.9 cm³/mol. The van der Waals surface area contributed by atoms with E-state index < -0.39 is 9.84 Å². The Morgan fingerprint density at radius 1 is 1.48 bits per heavy atom. The van der Waals surface area contributed by atoms with Crippen LogP contribution in [0.1, 0.15) is 29.4 Å². The van der Waals surface area contributed by atoms with Gasteiger partial charge in [-0.25, -0.2) is 8.42 Å². The van der Waals surface area contributed by atoms with E-state index in [1.165, 1.54) is 19.8 Å². The second kappa shape index (κ2) is 6.33. The number of nitrogens with two attached hydrogens (primary N) is 1. The zero-order chi connectivity index (χ0) is 15.6. The number of thiophene rings is 1. The highest BCUT2D eigenvalue weighted by Gasteiger charge is 2.25.